The van der Waals surface area contributed by atoms with Crippen LogP contribution in [0.2, 0.25) is 0 Å². The van der Waals surface area contributed by atoms with Crippen molar-refractivity contribution in [3.05, 3.63) is 32.6 Å². The Labute approximate surface area is 106 Å². The quantitative estimate of drug-likeness (QED) is 0.769. The largest absolute Gasteiger partial charge is 0.330 e. The monoisotopic (exact) mass is 251 g/mol. The lowest BCUT2D eigenvalue weighted by atomic mass is 9.83. The van der Waals surface area contributed by atoms with E-state index in [-0.39, 0.29) is 11.2 Å². The SMILES string of the molecule is Cn1cc(CNCCC2CCC2)c(=O)n(C)c1=O. The van der Waals surface area contributed by atoms with Gasteiger partial charge in [0.25, 0.3) is 5.56 Å². The van der Waals surface area contributed by atoms with Crippen molar-refractivity contribution < 1.29 is 0 Å². The first-order chi connectivity index (χ1) is 8.59. The molecule has 0 aromatic carbocycles. The minimum Gasteiger partial charge on any atom is -0.312 e. The van der Waals surface area contributed by atoms with Crippen LogP contribution in [0.15, 0.2) is 15.8 Å². The zero-order chi connectivity index (χ0) is 13.1. The van der Waals surface area contributed by atoms with Gasteiger partial charge in [-0.1, -0.05) is 19.3 Å². The van der Waals surface area contributed by atoms with Crippen molar-refractivity contribution in [2.75, 3.05) is 6.54 Å². The van der Waals surface area contributed by atoms with Crippen molar-refractivity contribution in [1.29, 1.82) is 0 Å². The first-order valence-electron chi connectivity index (χ1n) is 6.56. The molecule has 1 N–H and O–H groups in total. The molecule has 5 heteroatoms. The molecular weight excluding hydrogens is 230 g/mol. The van der Waals surface area contributed by atoms with Crippen LogP contribution in [0.1, 0.15) is 31.2 Å². The number of rotatable bonds is 5. The lowest BCUT2D eigenvalue weighted by molar-refractivity contribution is 0.292. The number of hydrogen-bond acceptors (Lipinski definition) is 3. The molecule has 2 rings (SSSR count). The standard InChI is InChI=1S/C13H21N3O2/c1-15-9-11(12(17)16(2)13(15)18)8-14-7-6-10-4-3-5-10/h9-10,14H,3-8H2,1-2H3. The molecule has 0 aliphatic heterocycles. The van der Waals surface area contributed by atoms with Gasteiger partial charge in [-0.3, -0.25) is 9.36 Å². The van der Waals surface area contributed by atoms with Crippen LogP contribution < -0.4 is 16.6 Å². The van der Waals surface area contributed by atoms with Gasteiger partial charge in [0.05, 0.1) is 0 Å². The van der Waals surface area contributed by atoms with Crippen molar-refractivity contribution >= 4 is 0 Å². The van der Waals surface area contributed by atoms with E-state index < -0.39 is 0 Å². The molecule has 0 saturated heterocycles. The summed E-state index contributed by atoms with van der Waals surface area (Å²) < 4.78 is 2.60. The third-order valence-corrected chi connectivity index (χ3v) is 3.79. The van der Waals surface area contributed by atoms with Crippen LogP contribution >= 0.6 is 0 Å². The van der Waals surface area contributed by atoms with Crippen molar-refractivity contribution in [2.45, 2.75) is 32.2 Å². The van der Waals surface area contributed by atoms with Gasteiger partial charge in [-0.2, -0.15) is 0 Å². The maximum Gasteiger partial charge on any atom is 0.330 e. The molecule has 0 spiro atoms. The summed E-state index contributed by atoms with van der Waals surface area (Å²) >= 11 is 0. The van der Waals surface area contributed by atoms with E-state index in [1.807, 2.05) is 0 Å². The van der Waals surface area contributed by atoms with E-state index in [2.05, 4.69) is 5.32 Å². The molecule has 1 aromatic heterocycles. The topological polar surface area (TPSA) is 56.0 Å². The van der Waals surface area contributed by atoms with E-state index in [0.717, 1.165) is 17.0 Å². The lowest BCUT2D eigenvalue weighted by Crippen LogP contribution is -2.39. The Hall–Kier alpha value is -1.36. The fourth-order valence-corrected chi connectivity index (χ4v) is 2.32. The van der Waals surface area contributed by atoms with Crippen LogP contribution in [0.4, 0.5) is 0 Å². The summed E-state index contributed by atoms with van der Waals surface area (Å²) in [6.45, 7) is 1.48. The van der Waals surface area contributed by atoms with Crippen molar-refractivity contribution in [1.82, 2.24) is 14.5 Å². The first-order valence-corrected chi connectivity index (χ1v) is 6.56. The maximum atomic E-state index is 11.8. The smallest absolute Gasteiger partial charge is 0.312 e. The van der Waals surface area contributed by atoms with Gasteiger partial charge < -0.3 is 9.88 Å². The average molecular weight is 251 g/mol. The van der Waals surface area contributed by atoms with Gasteiger partial charge in [0.1, 0.15) is 0 Å². The highest BCUT2D eigenvalue weighted by molar-refractivity contribution is 5.05. The summed E-state index contributed by atoms with van der Waals surface area (Å²) in [6.07, 6.45) is 6.88. The van der Waals surface area contributed by atoms with E-state index in [4.69, 9.17) is 0 Å². The molecule has 0 atom stereocenters. The minimum atomic E-state index is -0.279. The molecule has 1 aliphatic carbocycles. The van der Waals surface area contributed by atoms with Gasteiger partial charge in [-0.15, -0.1) is 0 Å². The predicted octanol–water partition coefficient (Wildman–Crippen LogP) is 0.364. The highest BCUT2D eigenvalue weighted by atomic mass is 16.2. The molecule has 0 amide bonds. The number of hydrogen-bond donors (Lipinski definition) is 1. The van der Waals surface area contributed by atoms with Gasteiger partial charge >= 0.3 is 5.69 Å². The molecular formula is C13H21N3O2. The Bertz CT molecular complexity index is 526. The van der Waals surface area contributed by atoms with Crippen LogP contribution in [0, 0.1) is 5.92 Å². The molecule has 0 radical (unpaired) electrons. The summed E-state index contributed by atoms with van der Waals surface area (Å²) in [6, 6.07) is 0. The van der Waals surface area contributed by atoms with Crippen molar-refractivity contribution in [3.8, 4) is 0 Å². The molecule has 1 heterocycles. The van der Waals surface area contributed by atoms with Crippen LogP contribution in [0.25, 0.3) is 0 Å². The van der Waals surface area contributed by atoms with Gasteiger partial charge in [-0.05, 0) is 18.9 Å². The third kappa shape index (κ3) is 2.72. The lowest BCUT2D eigenvalue weighted by Gasteiger charge is -2.25. The van der Waals surface area contributed by atoms with Gasteiger partial charge in [0.2, 0.25) is 0 Å². The molecule has 18 heavy (non-hydrogen) atoms. The van der Waals surface area contributed by atoms with E-state index in [9.17, 15) is 9.59 Å². The van der Waals surface area contributed by atoms with Gasteiger partial charge in [0, 0.05) is 32.4 Å². The second-order valence-corrected chi connectivity index (χ2v) is 5.17. The molecule has 100 valence electrons. The summed E-state index contributed by atoms with van der Waals surface area (Å²) in [5.41, 5.74) is 0.167. The van der Waals surface area contributed by atoms with Gasteiger partial charge in [-0.25, -0.2) is 4.79 Å². The third-order valence-electron chi connectivity index (χ3n) is 3.79. The fourth-order valence-electron chi connectivity index (χ4n) is 2.32. The minimum absolute atomic E-state index is 0.200. The zero-order valence-electron chi connectivity index (χ0n) is 11.1. The average Bonchev–Trinajstić information content (AvgIpc) is 2.30. The number of nitrogens with one attached hydrogen (secondary N) is 1. The maximum absolute atomic E-state index is 11.8. The molecule has 1 saturated carbocycles. The second-order valence-electron chi connectivity index (χ2n) is 5.17. The number of nitrogens with zero attached hydrogens (tertiary/aromatic N) is 2. The normalized spacial score (nSPS) is 15.7. The molecule has 1 aliphatic rings. The number of aryl methyl sites for hydroxylation is 1. The van der Waals surface area contributed by atoms with Gasteiger partial charge in [0.15, 0.2) is 0 Å². The van der Waals surface area contributed by atoms with Crippen LogP contribution in [-0.2, 0) is 20.6 Å². The van der Waals surface area contributed by atoms with E-state index >= 15 is 0 Å². The molecule has 0 bridgehead atoms. The summed E-state index contributed by atoms with van der Waals surface area (Å²) in [5.74, 6) is 0.875. The second kappa shape index (κ2) is 5.52. The number of aromatic nitrogens is 2. The Balaban J connectivity index is 1.92. The van der Waals surface area contributed by atoms with Crippen LogP contribution in [0.3, 0.4) is 0 Å². The van der Waals surface area contributed by atoms with Crippen LogP contribution in [-0.4, -0.2) is 15.7 Å². The summed E-state index contributed by atoms with van der Waals surface area (Å²) in [7, 11) is 3.18. The molecule has 0 unspecified atom stereocenters. The highest BCUT2D eigenvalue weighted by Crippen LogP contribution is 2.28. The van der Waals surface area contributed by atoms with Crippen molar-refractivity contribution in [2.24, 2.45) is 20.0 Å². The summed E-state index contributed by atoms with van der Waals surface area (Å²) in [5, 5.41) is 3.29. The van der Waals surface area contributed by atoms with Crippen molar-refractivity contribution in [3.63, 3.8) is 0 Å². The Kier molecular flexibility index (Phi) is 4.01. The fraction of sp³-hybridized carbons (Fsp3) is 0.692. The van der Waals surface area contributed by atoms with Crippen LogP contribution in [0.5, 0.6) is 0 Å². The first kappa shape index (κ1) is 13.1. The highest BCUT2D eigenvalue weighted by Gasteiger charge is 2.16. The zero-order valence-corrected chi connectivity index (χ0v) is 11.1. The molecule has 1 aromatic rings. The van der Waals surface area contributed by atoms with E-state index in [1.165, 1.54) is 37.3 Å². The van der Waals surface area contributed by atoms with E-state index in [1.54, 1.807) is 13.2 Å². The Morgan fingerprint density at radius 3 is 2.67 bits per heavy atom. The predicted molar refractivity (Wildman–Crippen MR) is 70.6 cm³/mol. The Morgan fingerprint density at radius 1 is 1.33 bits per heavy atom. The van der Waals surface area contributed by atoms with E-state index in [0.29, 0.717) is 12.1 Å². The molecule has 1 fully saturated rings. The Morgan fingerprint density at radius 2 is 2.06 bits per heavy atom. The molecule has 5 nitrogen and oxygen atoms in total. The summed E-state index contributed by atoms with van der Waals surface area (Å²) in [4.78, 5) is 23.4.